The van der Waals surface area contributed by atoms with Gasteiger partial charge in [-0.25, -0.2) is 4.99 Å². The van der Waals surface area contributed by atoms with Crippen LogP contribution in [-0.4, -0.2) is 10.8 Å². The van der Waals surface area contributed by atoms with E-state index < -0.39 is 0 Å². The van der Waals surface area contributed by atoms with Gasteiger partial charge in [-0.2, -0.15) is 0 Å². The molecule has 0 radical (unpaired) electrons. The van der Waals surface area contributed by atoms with Crippen LogP contribution in [0.5, 0.6) is 0 Å². The molecule has 2 aromatic carbocycles. The van der Waals surface area contributed by atoms with Gasteiger partial charge in [-0.1, -0.05) is 76.2 Å². The summed E-state index contributed by atoms with van der Waals surface area (Å²) in [5, 5.41) is 1.08. The Morgan fingerprint density at radius 3 is 1.86 bits per heavy atom. The molecule has 0 aromatic heterocycles. The molecule has 0 fully saturated rings. The average molecular weight is 299 g/mol. The molecule has 2 rings (SSSR count). The number of nitrogens with zero attached hydrogens (tertiary/aromatic N) is 1. The van der Waals surface area contributed by atoms with Crippen molar-refractivity contribution in [3.8, 4) is 0 Å². The van der Waals surface area contributed by atoms with Gasteiger partial charge in [0.1, 0.15) is 5.04 Å². The number of thioether (sulfide) groups is 1. The third kappa shape index (κ3) is 7.72. The van der Waals surface area contributed by atoms with Crippen molar-refractivity contribution in [2.24, 2.45) is 10.9 Å². The molecule has 0 saturated carbocycles. The number of para-hydroxylation sites is 1. The lowest BCUT2D eigenvalue weighted by molar-refractivity contribution is 0.737. The van der Waals surface area contributed by atoms with Crippen molar-refractivity contribution in [2.75, 3.05) is 5.75 Å². The lowest BCUT2D eigenvalue weighted by Crippen LogP contribution is -1.95. The van der Waals surface area contributed by atoms with Crippen LogP contribution >= 0.6 is 11.8 Å². The largest absolute Gasteiger partial charge is 0.241 e. The first kappa shape index (κ1) is 17.5. The summed E-state index contributed by atoms with van der Waals surface area (Å²) in [6.07, 6.45) is 0. The standard InChI is InChI=1S/C15H15NS.C4H10/c1-2-17-15(13-9-5-3-6-10-13)16-14-11-7-4-8-12-14;1-4(2)3/h3-12H,2H2,1H3;4H,1-3H3. The molecule has 0 unspecified atom stereocenters. The van der Waals surface area contributed by atoms with Crippen LogP contribution in [0.4, 0.5) is 5.69 Å². The van der Waals surface area contributed by atoms with Gasteiger partial charge in [-0.05, 0) is 23.8 Å². The highest BCUT2D eigenvalue weighted by Crippen LogP contribution is 2.19. The van der Waals surface area contributed by atoms with Crippen LogP contribution < -0.4 is 0 Å². The molecule has 2 aromatic rings. The maximum absolute atomic E-state index is 4.70. The molecule has 2 heteroatoms. The molecule has 0 aliphatic heterocycles. The van der Waals surface area contributed by atoms with E-state index >= 15 is 0 Å². The first-order valence-electron chi connectivity index (χ1n) is 7.45. The second kappa shape index (κ2) is 10.2. The highest BCUT2D eigenvalue weighted by molar-refractivity contribution is 8.14. The molecule has 0 aliphatic carbocycles. The van der Waals surface area contributed by atoms with Crippen molar-refractivity contribution in [1.82, 2.24) is 0 Å². The molecular formula is C19H25NS. The Labute approximate surface area is 133 Å². The predicted molar refractivity (Wildman–Crippen MR) is 97.7 cm³/mol. The molecule has 0 N–H and O–H groups in total. The van der Waals surface area contributed by atoms with Crippen LogP contribution in [-0.2, 0) is 0 Å². The van der Waals surface area contributed by atoms with Gasteiger partial charge < -0.3 is 0 Å². The van der Waals surface area contributed by atoms with Crippen molar-refractivity contribution in [3.63, 3.8) is 0 Å². The zero-order valence-corrected chi connectivity index (χ0v) is 14.2. The minimum atomic E-state index is 0.833. The maximum atomic E-state index is 4.70. The van der Waals surface area contributed by atoms with E-state index in [1.54, 1.807) is 11.8 Å². The fourth-order valence-electron chi connectivity index (χ4n) is 1.52. The number of rotatable bonds is 3. The molecule has 0 spiro atoms. The number of hydrogen-bond acceptors (Lipinski definition) is 2. The first-order chi connectivity index (χ1) is 10.1. The SMILES string of the molecule is CC(C)C.CCSC(=Nc1ccccc1)c1ccccc1. The van der Waals surface area contributed by atoms with Crippen LogP contribution in [0.15, 0.2) is 65.7 Å². The molecule has 0 atom stereocenters. The third-order valence-corrected chi connectivity index (χ3v) is 3.18. The van der Waals surface area contributed by atoms with Crippen molar-refractivity contribution in [3.05, 3.63) is 66.2 Å². The van der Waals surface area contributed by atoms with Gasteiger partial charge in [0.15, 0.2) is 0 Å². The Bertz CT molecular complexity index is 515. The predicted octanol–water partition coefficient (Wildman–Crippen LogP) is 6.18. The summed E-state index contributed by atoms with van der Waals surface area (Å²) < 4.78 is 0. The van der Waals surface area contributed by atoms with E-state index in [-0.39, 0.29) is 0 Å². The van der Waals surface area contributed by atoms with E-state index in [9.17, 15) is 0 Å². The van der Waals surface area contributed by atoms with E-state index in [4.69, 9.17) is 4.99 Å². The molecule has 0 heterocycles. The highest BCUT2D eigenvalue weighted by Gasteiger charge is 2.02. The maximum Gasteiger partial charge on any atom is 0.104 e. The lowest BCUT2D eigenvalue weighted by Gasteiger charge is -2.04. The van der Waals surface area contributed by atoms with E-state index in [0.717, 1.165) is 22.4 Å². The molecule has 1 nitrogen and oxygen atoms in total. The third-order valence-electron chi connectivity index (χ3n) is 2.29. The summed E-state index contributed by atoms with van der Waals surface area (Å²) in [5.74, 6) is 1.86. The zero-order valence-electron chi connectivity index (χ0n) is 13.4. The van der Waals surface area contributed by atoms with Crippen molar-refractivity contribution >= 4 is 22.5 Å². The van der Waals surface area contributed by atoms with E-state index in [1.807, 2.05) is 48.5 Å². The van der Waals surface area contributed by atoms with Crippen LogP contribution in [0.3, 0.4) is 0 Å². The quantitative estimate of drug-likeness (QED) is 0.487. The Hall–Kier alpha value is -1.54. The smallest absolute Gasteiger partial charge is 0.104 e. The fourth-order valence-corrected chi connectivity index (χ4v) is 2.26. The number of benzene rings is 2. The molecule has 0 bridgehead atoms. The topological polar surface area (TPSA) is 12.4 Å². The summed E-state index contributed by atoms with van der Waals surface area (Å²) in [6.45, 7) is 8.65. The monoisotopic (exact) mass is 299 g/mol. The average Bonchev–Trinajstić information content (AvgIpc) is 2.48. The second-order valence-corrected chi connectivity index (χ2v) is 6.54. The minimum Gasteiger partial charge on any atom is -0.241 e. The highest BCUT2D eigenvalue weighted by atomic mass is 32.2. The van der Waals surface area contributed by atoms with E-state index in [2.05, 4.69) is 39.8 Å². The minimum absolute atomic E-state index is 0.833. The van der Waals surface area contributed by atoms with Crippen LogP contribution in [0.1, 0.15) is 33.3 Å². The normalized spacial score (nSPS) is 11.0. The molecular weight excluding hydrogens is 274 g/mol. The van der Waals surface area contributed by atoms with E-state index in [0.29, 0.717) is 0 Å². The first-order valence-corrected chi connectivity index (χ1v) is 8.44. The summed E-state index contributed by atoms with van der Waals surface area (Å²) in [6, 6.07) is 20.4. The molecule has 0 saturated heterocycles. The van der Waals surface area contributed by atoms with Crippen LogP contribution in [0.25, 0.3) is 0 Å². The Morgan fingerprint density at radius 2 is 1.38 bits per heavy atom. The van der Waals surface area contributed by atoms with Gasteiger partial charge >= 0.3 is 0 Å². The van der Waals surface area contributed by atoms with Crippen molar-refractivity contribution in [2.45, 2.75) is 27.7 Å². The summed E-state index contributed by atoms with van der Waals surface area (Å²) in [7, 11) is 0. The number of aliphatic imine (C=N–C) groups is 1. The van der Waals surface area contributed by atoms with Gasteiger partial charge in [0.05, 0.1) is 5.69 Å². The molecule has 0 amide bonds. The van der Waals surface area contributed by atoms with Crippen molar-refractivity contribution in [1.29, 1.82) is 0 Å². The van der Waals surface area contributed by atoms with Gasteiger partial charge in [0.2, 0.25) is 0 Å². The fraction of sp³-hybridized carbons (Fsp3) is 0.316. The number of hydrogen-bond donors (Lipinski definition) is 0. The van der Waals surface area contributed by atoms with Gasteiger partial charge in [0, 0.05) is 5.56 Å². The van der Waals surface area contributed by atoms with Crippen LogP contribution in [0, 0.1) is 5.92 Å². The van der Waals surface area contributed by atoms with Crippen molar-refractivity contribution < 1.29 is 0 Å². The summed E-state index contributed by atoms with van der Waals surface area (Å²) in [4.78, 5) is 4.70. The Kier molecular flexibility index (Phi) is 8.53. The molecule has 0 aliphatic rings. The van der Waals surface area contributed by atoms with Gasteiger partial charge in [0.25, 0.3) is 0 Å². The molecule has 112 valence electrons. The molecule has 21 heavy (non-hydrogen) atoms. The van der Waals surface area contributed by atoms with Gasteiger partial charge in [-0.3, -0.25) is 0 Å². The lowest BCUT2D eigenvalue weighted by atomic mass is 10.2. The zero-order chi connectivity index (χ0) is 15.5. The summed E-state index contributed by atoms with van der Waals surface area (Å²) >= 11 is 1.77. The van der Waals surface area contributed by atoms with Gasteiger partial charge in [-0.15, -0.1) is 11.8 Å². The van der Waals surface area contributed by atoms with Crippen LogP contribution in [0.2, 0.25) is 0 Å². The summed E-state index contributed by atoms with van der Waals surface area (Å²) in [5.41, 5.74) is 2.19. The second-order valence-electron chi connectivity index (χ2n) is 5.28. The Balaban J connectivity index is 0.000000491. The Morgan fingerprint density at radius 1 is 0.905 bits per heavy atom. The van der Waals surface area contributed by atoms with E-state index in [1.165, 1.54) is 5.56 Å².